The Kier molecular flexibility index (Phi) is 5.10. The van der Waals surface area contributed by atoms with Crippen LogP contribution < -0.4 is 0 Å². The third kappa shape index (κ3) is 4.02. The van der Waals surface area contributed by atoms with Crippen LogP contribution in [0.25, 0.3) is 10.9 Å². The lowest BCUT2D eigenvalue weighted by Crippen LogP contribution is -2.29. The minimum Gasteiger partial charge on any atom is -0.391 e. The summed E-state index contributed by atoms with van der Waals surface area (Å²) >= 11 is 0. The molecule has 0 aliphatic carbocycles. The number of nitrogens with zero attached hydrogens (tertiary/aromatic N) is 2. The summed E-state index contributed by atoms with van der Waals surface area (Å²) < 4.78 is 23.2. The molecule has 0 radical (unpaired) electrons. The molecule has 0 spiro atoms. The number of benzene rings is 2. The first kappa shape index (κ1) is 19.5. The van der Waals surface area contributed by atoms with E-state index in [-0.39, 0.29) is 23.3 Å². The molecule has 7 heteroatoms. The maximum atomic E-state index is 12.8. The molecule has 0 saturated carbocycles. The highest BCUT2D eigenvalue weighted by Gasteiger charge is 2.34. The van der Waals surface area contributed by atoms with E-state index in [2.05, 4.69) is 4.98 Å². The summed E-state index contributed by atoms with van der Waals surface area (Å²) in [7, 11) is -3.30. The number of hydrogen-bond donors (Lipinski definition) is 1. The predicted molar refractivity (Wildman–Crippen MR) is 110 cm³/mol. The van der Waals surface area contributed by atoms with Crippen LogP contribution in [0.4, 0.5) is 0 Å². The zero-order chi connectivity index (χ0) is 20.6. The van der Waals surface area contributed by atoms with Crippen LogP contribution in [0.3, 0.4) is 0 Å². The van der Waals surface area contributed by atoms with Gasteiger partial charge in [0.15, 0.2) is 9.84 Å². The van der Waals surface area contributed by atoms with Gasteiger partial charge in [-0.05, 0) is 48.4 Å². The lowest BCUT2D eigenvalue weighted by molar-refractivity contribution is 0.0764. The standard InChI is InChI=1S/C22H22N2O4S/c1-29(27,28)18-8-6-15(7-9-18)22(26)24-13-17(21(25)14-24)12-16-10-11-23-20-5-3-2-4-19(16)20/h2-11,17,21,25H,12-14H2,1H3/t17-,21-/m1/s1. The highest BCUT2D eigenvalue weighted by molar-refractivity contribution is 7.90. The second-order valence-electron chi connectivity index (χ2n) is 7.53. The third-order valence-corrected chi connectivity index (χ3v) is 6.57. The number of fused-ring (bicyclic) bond motifs is 1. The van der Waals surface area contributed by atoms with Gasteiger partial charge in [0.05, 0.1) is 16.5 Å². The number of aliphatic hydroxyl groups excluding tert-OH is 1. The summed E-state index contributed by atoms with van der Waals surface area (Å²) in [6.07, 6.45) is 2.95. The molecule has 4 rings (SSSR count). The van der Waals surface area contributed by atoms with E-state index in [1.165, 1.54) is 24.3 Å². The van der Waals surface area contributed by atoms with Gasteiger partial charge in [-0.2, -0.15) is 0 Å². The highest BCUT2D eigenvalue weighted by atomic mass is 32.2. The van der Waals surface area contributed by atoms with E-state index in [4.69, 9.17) is 0 Å². The zero-order valence-electron chi connectivity index (χ0n) is 16.0. The fourth-order valence-corrected chi connectivity index (χ4v) is 4.49. The number of amides is 1. The molecule has 1 saturated heterocycles. The van der Waals surface area contributed by atoms with Crippen LogP contribution in [0.1, 0.15) is 15.9 Å². The number of sulfone groups is 1. The Morgan fingerprint density at radius 3 is 2.55 bits per heavy atom. The van der Waals surface area contributed by atoms with Crippen molar-refractivity contribution in [3.8, 4) is 0 Å². The van der Waals surface area contributed by atoms with Gasteiger partial charge >= 0.3 is 0 Å². The maximum absolute atomic E-state index is 12.8. The molecule has 2 heterocycles. The van der Waals surface area contributed by atoms with Crippen molar-refractivity contribution in [3.63, 3.8) is 0 Å². The fraction of sp³-hybridized carbons (Fsp3) is 0.273. The van der Waals surface area contributed by atoms with Crippen molar-refractivity contribution in [2.24, 2.45) is 5.92 Å². The second kappa shape index (κ2) is 7.57. The first-order valence-corrected chi connectivity index (χ1v) is 11.3. The molecule has 1 N–H and O–H groups in total. The molecule has 0 unspecified atom stereocenters. The monoisotopic (exact) mass is 410 g/mol. The van der Waals surface area contributed by atoms with Crippen LogP contribution in [0.15, 0.2) is 65.7 Å². The average molecular weight is 410 g/mol. The Labute approximate surface area is 169 Å². The molecule has 2 aromatic carbocycles. The number of β-amino-alcohol motifs (C(OH)–C–C–N with tert-alkyl or cyclic N) is 1. The minimum atomic E-state index is -3.30. The molecule has 2 atom stereocenters. The Morgan fingerprint density at radius 2 is 1.83 bits per heavy atom. The molecule has 150 valence electrons. The molecule has 6 nitrogen and oxygen atoms in total. The number of likely N-dealkylation sites (tertiary alicyclic amines) is 1. The van der Waals surface area contributed by atoms with Crippen molar-refractivity contribution in [1.82, 2.24) is 9.88 Å². The molecule has 0 bridgehead atoms. The molecular weight excluding hydrogens is 388 g/mol. The maximum Gasteiger partial charge on any atom is 0.253 e. The summed E-state index contributed by atoms with van der Waals surface area (Å²) in [5, 5.41) is 11.6. The van der Waals surface area contributed by atoms with Crippen LogP contribution in [0, 0.1) is 5.92 Å². The summed E-state index contributed by atoms with van der Waals surface area (Å²) in [4.78, 5) is 19.0. The Hall–Kier alpha value is -2.77. The normalized spacial score (nSPS) is 19.6. The molecule has 1 aliphatic heterocycles. The lowest BCUT2D eigenvalue weighted by atomic mass is 9.94. The third-order valence-electron chi connectivity index (χ3n) is 5.44. The van der Waals surface area contributed by atoms with Gasteiger partial charge in [-0.1, -0.05) is 18.2 Å². The smallest absolute Gasteiger partial charge is 0.253 e. The summed E-state index contributed by atoms with van der Waals surface area (Å²) in [6, 6.07) is 15.8. The summed E-state index contributed by atoms with van der Waals surface area (Å²) in [5.74, 6) is -0.272. The predicted octanol–water partition coefficient (Wildman–Crippen LogP) is 2.31. The fourth-order valence-electron chi connectivity index (χ4n) is 3.86. The number of aromatic nitrogens is 1. The van der Waals surface area contributed by atoms with E-state index < -0.39 is 15.9 Å². The van der Waals surface area contributed by atoms with Crippen molar-refractivity contribution in [1.29, 1.82) is 0 Å². The number of carbonyl (C=O) groups excluding carboxylic acids is 1. The van der Waals surface area contributed by atoms with Gasteiger partial charge in [-0.25, -0.2) is 8.42 Å². The van der Waals surface area contributed by atoms with E-state index in [0.29, 0.717) is 18.5 Å². The topological polar surface area (TPSA) is 87.6 Å². The van der Waals surface area contributed by atoms with Gasteiger partial charge < -0.3 is 10.0 Å². The average Bonchev–Trinajstić information content (AvgIpc) is 3.07. The first-order valence-electron chi connectivity index (χ1n) is 9.43. The summed E-state index contributed by atoms with van der Waals surface area (Å²) in [5.41, 5.74) is 2.43. The van der Waals surface area contributed by atoms with E-state index in [0.717, 1.165) is 22.7 Å². The van der Waals surface area contributed by atoms with Crippen LogP contribution in [-0.2, 0) is 16.3 Å². The Morgan fingerprint density at radius 1 is 1.10 bits per heavy atom. The first-order chi connectivity index (χ1) is 13.8. The van der Waals surface area contributed by atoms with Crippen molar-refractivity contribution in [2.45, 2.75) is 17.4 Å². The molecule has 29 heavy (non-hydrogen) atoms. The van der Waals surface area contributed by atoms with Gasteiger partial charge in [-0.15, -0.1) is 0 Å². The zero-order valence-corrected chi connectivity index (χ0v) is 16.8. The van der Waals surface area contributed by atoms with Gasteiger partial charge in [0.2, 0.25) is 0 Å². The Balaban J connectivity index is 1.50. The number of hydrogen-bond acceptors (Lipinski definition) is 5. The lowest BCUT2D eigenvalue weighted by Gasteiger charge is -2.17. The van der Waals surface area contributed by atoms with E-state index in [1.54, 1.807) is 11.1 Å². The van der Waals surface area contributed by atoms with Crippen LogP contribution in [0.5, 0.6) is 0 Å². The largest absolute Gasteiger partial charge is 0.391 e. The quantitative estimate of drug-likeness (QED) is 0.713. The number of aliphatic hydroxyl groups is 1. The van der Waals surface area contributed by atoms with Gasteiger partial charge in [0.1, 0.15) is 0 Å². The van der Waals surface area contributed by atoms with E-state index in [9.17, 15) is 18.3 Å². The molecular formula is C22H22N2O4S. The van der Waals surface area contributed by atoms with Crippen molar-refractivity contribution < 1.29 is 18.3 Å². The van der Waals surface area contributed by atoms with Crippen LogP contribution in [0.2, 0.25) is 0 Å². The number of carbonyl (C=O) groups is 1. The van der Waals surface area contributed by atoms with Crippen molar-refractivity contribution in [3.05, 3.63) is 71.9 Å². The molecule has 3 aromatic rings. The molecule has 1 fully saturated rings. The number of para-hydroxylation sites is 1. The van der Waals surface area contributed by atoms with Gasteiger partial charge in [0, 0.05) is 42.4 Å². The van der Waals surface area contributed by atoms with Gasteiger partial charge in [-0.3, -0.25) is 9.78 Å². The minimum absolute atomic E-state index is 0.0694. The Bertz CT molecular complexity index is 1150. The number of rotatable bonds is 4. The summed E-state index contributed by atoms with van der Waals surface area (Å²) in [6.45, 7) is 0.713. The van der Waals surface area contributed by atoms with E-state index >= 15 is 0 Å². The van der Waals surface area contributed by atoms with Crippen molar-refractivity contribution >= 4 is 26.6 Å². The van der Waals surface area contributed by atoms with Crippen LogP contribution >= 0.6 is 0 Å². The molecule has 1 amide bonds. The SMILES string of the molecule is CS(=O)(=O)c1ccc(C(=O)N2C[C@@H](Cc3ccnc4ccccc34)[C@H](O)C2)cc1. The van der Waals surface area contributed by atoms with Crippen LogP contribution in [-0.4, -0.2) is 54.8 Å². The van der Waals surface area contributed by atoms with Gasteiger partial charge in [0.25, 0.3) is 5.91 Å². The number of pyridine rings is 1. The highest BCUT2D eigenvalue weighted by Crippen LogP contribution is 2.26. The van der Waals surface area contributed by atoms with E-state index in [1.807, 2.05) is 30.3 Å². The molecule has 1 aromatic heterocycles. The molecule has 1 aliphatic rings. The second-order valence-corrected chi connectivity index (χ2v) is 9.54. The van der Waals surface area contributed by atoms with Crippen molar-refractivity contribution in [2.75, 3.05) is 19.3 Å².